The zero-order valence-electron chi connectivity index (χ0n) is 9.66. The van der Waals surface area contributed by atoms with Gasteiger partial charge in [0.2, 0.25) is 6.08 Å². The Bertz CT molecular complexity index is 399. The Morgan fingerprint density at radius 2 is 2.13 bits per heavy atom. The normalized spacial score (nSPS) is 10.9. The maximum atomic E-state index is 10.3. The average molecular weight is 204 g/mol. The fraction of sp³-hybridized carbons (Fsp3) is 0.500. The van der Waals surface area contributed by atoms with Gasteiger partial charge >= 0.3 is 0 Å². The summed E-state index contributed by atoms with van der Waals surface area (Å²) in [6.45, 7) is 8.29. The lowest BCUT2D eigenvalue weighted by molar-refractivity contribution is 0.565. The van der Waals surface area contributed by atoms with E-state index in [0.29, 0.717) is 5.69 Å². The van der Waals surface area contributed by atoms with Gasteiger partial charge in [0.1, 0.15) is 0 Å². The number of aryl methyl sites for hydroxylation is 1. The van der Waals surface area contributed by atoms with Crippen molar-refractivity contribution in [2.75, 3.05) is 0 Å². The minimum absolute atomic E-state index is 0.0203. The van der Waals surface area contributed by atoms with Crippen LogP contribution in [0, 0.1) is 0 Å². The van der Waals surface area contributed by atoms with Crippen molar-refractivity contribution in [3.63, 3.8) is 0 Å². The molecular weight excluding hydrogens is 188 g/mol. The van der Waals surface area contributed by atoms with Gasteiger partial charge in [-0.1, -0.05) is 27.7 Å². The van der Waals surface area contributed by atoms with Crippen LogP contribution in [0.25, 0.3) is 0 Å². The van der Waals surface area contributed by atoms with E-state index >= 15 is 0 Å². The van der Waals surface area contributed by atoms with Gasteiger partial charge in [-0.25, -0.2) is 4.79 Å². The highest BCUT2D eigenvalue weighted by Crippen LogP contribution is 2.27. The van der Waals surface area contributed by atoms with E-state index in [1.54, 1.807) is 6.08 Å². The zero-order chi connectivity index (χ0) is 11.5. The lowest BCUT2D eigenvalue weighted by Gasteiger charge is -2.19. The van der Waals surface area contributed by atoms with Crippen LogP contribution < -0.4 is 0 Å². The average Bonchev–Trinajstić information content (AvgIpc) is 2.17. The van der Waals surface area contributed by atoms with Crippen LogP contribution >= 0.6 is 0 Å². The third-order valence-corrected chi connectivity index (χ3v) is 2.31. The largest absolute Gasteiger partial charge is 0.259 e. The molecule has 3 nitrogen and oxygen atoms in total. The second-order valence-electron chi connectivity index (χ2n) is 4.50. The summed E-state index contributed by atoms with van der Waals surface area (Å²) < 4.78 is 0. The molecule has 0 bridgehead atoms. The minimum Gasteiger partial charge on any atom is -0.259 e. The molecule has 3 heteroatoms. The molecule has 1 aromatic heterocycles. The molecule has 0 aliphatic rings. The molecule has 1 rings (SSSR count). The van der Waals surface area contributed by atoms with Crippen molar-refractivity contribution < 1.29 is 4.79 Å². The van der Waals surface area contributed by atoms with E-state index in [1.807, 2.05) is 19.2 Å². The molecule has 0 saturated heterocycles. The number of hydrogen-bond acceptors (Lipinski definition) is 3. The summed E-state index contributed by atoms with van der Waals surface area (Å²) in [6, 6.07) is 1.91. The fourth-order valence-corrected chi connectivity index (χ4v) is 1.31. The topological polar surface area (TPSA) is 42.3 Å². The first-order valence-electron chi connectivity index (χ1n) is 5.06. The second kappa shape index (κ2) is 4.37. The van der Waals surface area contributed by atoms with Crippen molar-refractivity contribution in [1.82, 2.24) is 4.98 Å². The van der Waals surface area contributed by atoms with E-state index in [0.717, 1.165) is 17.7 Å². The molecular formula is C12H16N2O. The third kappa shape index (κ3) is 2.74. The Morgan fingerprint density at radius 3 is 2.60 bits per heavy atom. The van der Waals surface area contributed by atoms with Crippen molar-refractivity contribution in [3.8, 4) is 0 Å². The molecule has 0 aromatic carbocycles. The molecule has 1 heterocycles. The monoisotopic (exact) mass is 204 g/mol. The molecule has 0 fully saturated rings. The first-order chi connectivity index (χ1) is 6.99. The van der Waals surface area contributed by atoms with Crippen LogP contribution in [0.1, 0.15) is 39.0 Å². The summed E-state index contributed by atoms with van der Waals surface area (Å²) in [5.41, 5.74) is 2.58. The summed E-state index contributed by atoms with van der Waals surface area (Å²) in [4.78, 5) is 18.3. The molecule has 0 aliphatic heterocycles. The first kappa shape index (κ1) is 11.6. The highest BCUT2D eigenvalue weighted by Gasteiger charge is 2.15. The predicted octanol–water partition coefficient (Wildman–Crippen LogP) is 2.91. The maximum absolute atomic E-state index is 10.3. The van der Waals surface area contributed by atoms with Gasteiger partial charge in [0.15, 0.2) is 0 Å². The number of hydrogen-bond donors (Lipinski definition) is 0. The quantitative estimate of drug-likeness (QED) is 0.549. The first-order valence-corrected chi connectivity index (χ1v) is 5.06. The number of pyridine rings is 1. The Kier molecular flexibility index (Phi) is 3.38. The van der Waals surface area contributed by atoms with Crippen LogP contribution in [-0.4, -0.2) is 11.1 Å². The highest BCUT2D eigenvalue weighted by atomic mass is 16.1. The molecule has 0 saturated carbocycles. The molecule has 0 spiro atoms. The van der Waals surface area contributed by atoms with Gasteiger partial charge in [-0.15, -0.1) is 0 Å². The Labute approximate surface area is 90.3 Å². The minimum atomic E-state index is 0.0203. The van der Waals surface area contributed by atoms with E-state index in [4.69, 9.17) is 0 Å². The lowest BCUT2D eigenvalue weighted by atomic mass is 9.88. The molecule has 0 atom stereocenters. The van der Waals surface area contributed by atoms with Crippen LogP contribution in [0.4, 0.5) is 5.69 Å². The molecule has 0 N–H and O–H groups in total. The number of aliphatic imine (C=N–C) groups is 1. The van der Waals surface area contributed by atoms with Crippen LogP contribution in [0.3, 0.4) is 0 Å². The molecule has 1 aromatic rings. The summed E-state index contributed by atoms with van der Waals surface area (Å²) in [6.07, 6.45) is 4.19. The third-order valence-electron chi connectivity index (χ3n) is 2.31. The van der Waals surface area contributed by atoms with E-state index < -0.39 is 0 Å². The zero-order valence-corrected chi connectivity index (χ0v) is 9.66. The number of aromatic nitrogens is 1. The van der Waals surface area contributed by atoms with E-state index in [-0.39, 0.29) is 5.41 Å². The molecule has 80 valence electrons. The molecule has 0 unspecified atom stereocenters. The summed E-state index contributed by atoms with van der Waals surface area (Å²) in [5, 5.41) is 0. The Balaban J connectivity index is 3.28. The summed E-state index contributed by atoms with van der Waals surface area (Å²) >= 11 is 0. The van der Waals surface area contributed by atoms with Crippen molar-refractivity contribution in [1.29, 1.82) is 0 Å². The standard InChI is InChI=1S/C12H16N2O/c1-5-10-11(14-8-15)6-9(7-13-10)12(2,3)4/h6-7H,5H2,1-4H3. The smallest absolute Gasteiger partial charge is 0.240 e. The number of nitrogens with zero attached hydrogens (tertiary/aromatic N) is 2. The number of rotatable bonds is 2. The van der Waals surface area contributed by atoms with Crippen LogP contribution in [0.5, 0.6) is 0 Å². The van der Waals surface area contributed by atoms with Crippen molar-refractivity contribution >= 4 is 11.8 Å². The number of isocyanates is 1. The second-order valence-corrected chi connectivity index (χ2v) is 4.50. The highest BCUT2D eigenvalue weighted by molar-refractivity contribution is 5.53. The van der Waals surface area contributed by atoms with Gasteiger partial charge < -0.3 is 0 Å². The van der Waals surface area contributed by atoms with Crippen LogP contribution in [-0.2, 0) is 16.6 Å². The summed E-state index contributed by atoms with van der Waals surface area (Å²) in [7, 11) is 0. The summed E-state index contributed by atoms with van der Waals surface area (Å²) in [5.74, 6) is 0. The number of carbonyl (C=O) groups excluding carboxylic acids is 1. The Morgan fingerprint density at radius 1 is 1.47 bits per heavy atom. The van der Waals surface area contributed by atoms with Gasteiger partial charge in [0, 0.05) is 6.20 Å². The van der Waals surface area contributed by atoms with Gasteiger partial charge in [-0.2, -0.15) is 4.99 Å². The van der Waals surface area contributed by atoms with Crippen molar-refractivity contribution in [2.24, 2.45) is 4.99 Å². The molecule has 15 heavy (non-hydrogen) atoms. The maximum Gasteiger partial charge on any atom is 0.240 e. The predicted molar refractivity (Wildman–Crippen MR) is 60.1 cm³/mol. The van der Waals surface area contributed by atoms with E-state index in [1.165, 1.54) is 0 Å². The van der Waals surface area contributed by atoms with Crippen LogP contribution in [0.15, 0.2) is 17.3 Å². The van der Waals surface area contributed by atoms with Gasteiger partial charge in [-0.3, -0.25) is 4.98 Å². The van der Waals surface area contributed by atoms with Gasteiger partial charge in [0.25, 0.3) is 0 Å². The SMILES string of the molecule is CCc1ncc(C(C)(C)C)cc1N=C=O. The lowest BCUT2D eigenvalue weighted by Crippen LogP contribution is -2.11. The van der Waals surface area contributed by atoms with Crippen molar-refractivity contribution in [2.45, 2.75) is 39.5 Å². The molecule has 0 amide bonds. The van der Waals surface area contributed by atoms with E-state index in [9.17, 15) is 4.79 Å². The van der Waals surface area contributed by atoms with Gasteiger partial charge in [0.05, 0.1) is 11.4 Å². The molecule has 0 aliphatic carbocycles. The fourth-order valence-electron chi connectivity index (χ4n) is 1.31. The molecule has 0 radical (unpaired) electrons. The van der Waals surface area contributed by atoms with E-state index in [2.05, 4.69) is 30.7 Å². The Hall–Kier alpha value is -1.47. The van der Waals surface area contributed by atoms with Crippen LogP contribution in [0.2, 0.25) is 0 Å². The van der Waals surface area contributed by atoms with Gasteiger partial charge in [-0.05, 0) is 23.5 Å². The van der Waals surface area contributed by atoms with Crippen molar-refractivity contribution in [3.05, 3.63) is 23.5 Å².